The van der Waals surface area contributed by atoms with Crippen LogP contribution in [-0.4, -0.2) is 0 Å². The zero-order chi connectivity index (χ0) is 71.7. The van der Waals surface area contributed by atoms with Gasteiger partial charge < -0.3 is 0 Å². The molecule has 0 saturated heterocycles. The van der Waals surface area contributed by atoms with Gasteiger partial charge in [-0.3, -0.25) is 0 Å². The summed E-state index contributed by atoms with van der Waals surface area (Å²) in [5, 5.41) is 0. The van der Waals surface area contributed by atoms with Gasteiger partial charge in [-0.15, -0.1) is 0 Å². The molecule has 24 rings (SSSR count). The minimum absolute atomic E-state index is 0.654. The summed E-state index contributed by atoms with van der Waals surface area (Å²) in [5.41, 5.74) is 2.84. The van der Waals surface area contributed by atoms with E-state index >= 15 is 0 Å². The van der Waals surface area contributed by atoms with Crippen molar-refractivity contribution in [2.75, 3.05) is 0 Å². The molecule has 24 fully saturated rings. The van der Waals surface area contributed by atoms with E-state index in [0.717, 1.165) is 182 Å². The van der Waals surface area contributed by atoms with Crippen molar-refractivity contribution < 1.29 is 0 Å². The van der Waals surface area contributed by atoms with Gasteiger partial charge in [-0.05, 0) is 399 Å². The molecule has 0 heteroatoms. The van der Waals surface area contributed by atoms with Gasteiger partial charge in [0.15, 0.2) is 0 Å². The van der Waals surface area contributed by atoms with Crippen molar-refractivity contribution in [1.29, 1.82) is 0 Å². The molecule has 24 aliphatic rings. The fraction of sp³-hybridized carbons (Fsp3) is 1.00. The van der Waals surface area contributed by atoms with E-state index in [4.69, 9.17) is 0 Å². The lowest BCUT2D eigenvalue weighted by Gasteiger charge is -2.53. The van der Waals surface area contributed by atoms with E-state index in [1.54, 1.807) is 89.9 Å². The smallest absolute Gasteiger partial charge is 0.0297 e. The topological polar surface area (TPSA) is 0 Å². The van der Waals surface area contributed by atoms with Crippen LogP contribution in [0.25, 0.3) is 0 Å². The molecule has 0 amide bonds. The van der Waals surface area contributed by atoms with Crippen molar-refractivity contribution in [3.8, 4) is 0 Å². The molecule has 17 unspecified atom stereocenters. The minimum Gasteiger partial charge on any atom is -0.0651 e. The molecular formula is C100H182. The van der Waals surface area contributed by atoms with Gasteiger partial charge in [0.1, 0.15) is 0 Å². The predicted molar refractivity (Wildman–Crippen MR) is 440 cm³/mol. The fourth-order valence-corrected chi connectivity index (χ4v) is 29.2. The maximum atomic E-state index is 2.49. The van der Waals surface area contributed by atoms with Crippen LogP contribution in [0, 0.1) is 193 Å². The van der Waals surface area contributed by atoms with Crippen LogP contribution in [0.2, 0.25) is 0 Å². The molecule has 0 radical (unpaired) electrons. The van der Waals surface area contributed by atoms with Crippen molar-refractivity contribution in [2.45, 2.75) is 440 Å². The van der Waals surface area contributed by atoms with E-state index in [1.807, 2.05) is 0 Å². The number of hydrogen-bond donors (Lipinski definition) is 0. The lowest BCUT2D eigenvalue weighted by molar-refractivity contribution is -0.0319. The van der Waals surface area contributed by atoms with Gasteiger partial charge in [-0.1, -0.05) is 234 Å². The average Bonchev–Trinajstić information content (AvgIpc) is 0.925. The molecule has 0 aromatic heterocycles. The summed E-state index contributed by atoms with van der Waals surface area (Å²) in [6, 6.07) is 0. The summed E-state index contributed by atoms with van der Waals surface area (Å²) >= 11 is 0. The van der Waals surface area contributed by atoms with Crippen molar-refractivity contribution in [3.63, 3.8) is 0 Å². The maximum absolute atomic E-state index is 2.49. The molecule has 18 bridgehead atoms. The van der Waals surface area contributed by atoms with Crippen molar-refractivity contribution in [3.05, 3.63) is 0 Å². The molecule has 0 aromatic rings. The minimum atomic E-state index is 0.654. The summed E-state index contributed by atoms with van der Waals surface area (Å²) in [4.78, 5) is 0. The highest BCUT2D eigenvalue weighted by atomic mass is 14.6. The lowest BCUT2D eigenvalue weighted by atomic mass is 9.52. The Kier molecular flexibility index (Phi) is 31.0. The molecule has 24 aliphatic carbocycles. The lowest BCUT2D eigenvalue weighted by Crippen LogP contribution is -2.44. The number of rotatable bonds is 3. The number of fused-ring (bicyclic) bond motifs is 22. The van der Waals surface area contributed by atoms with Gasteiger partial charge in [0.05, 0.1) is 0 Å². The molecule has 582 valence electrons. The maximum Gasteiger partial charge on any atom is -0.0297 e. The van der Waals surface area contributed by atoms with Gasteiger partial charge >= 0.3 is 0 Å². The summed E-state index contributed by atoms with van der Waals surface area (Å²) in [6.07, 6.45) is 73.2. The Balaban J connectivity index is 0.000000119. The Morgan fingerprint density at radius 1 is 0.250 bits per heavy atom. The zero-order valence-electron chi connectivity index (χ0n) is 71.7. The Hall–Kier alpha value is 0. The first kappa shape index (κ1) is 82.5. The highest BCUT2D eigenvalue weighted by molar-refractivity contribution is 5.01. The molecule has 0 spiro atoms. The van der Waals surface area contributed by atoms with Crippen LogP contribution in [0.15, 0.2) is 0 Å². The SMILES string of the molecule is CC1C2CCC(C2)C1(C)C.CC1C2CCC(C2)C1C.CC1C2CCC(CC2)[C@H]1C.CC1CC2CCC1(C)C2.CC1CC2CCC1C2.CCC1CC2CCC1C2.CCC1CCCC1.CCC1CCCCC1.C[C@@H]1C2CCC(CC2)C1(C)C.C[C@H]1CC2CCC1(C)CC2.C[C@H]1CC2CCC1CC2. The van der Waals surface area contributed by atoms with Gasteiger partial charge in [-0.2, -0.15) is 0 Å². The van der Waals surface area contributed by atoms with Crippen LogP contribution in [-0.2, 0) is 0 Å². The van der Waals surface area contributed by atoms with Crippen LogP contribution in [0.3, 0.4) is 0 Å². The Bertz CT molecular complexity index is 2220. The van der Waals surface area contributed by atoms with Gasteiger partial charge in [0.25, 0.3) is 0 Å². The molecule has 0 aromatic carbocycles. The van der Waals surface area contributed by atoms with E-state index in [0.29, 0.717) is 10.8 Å². The molecule has 0 nitrogen and oxygen atoms in total. The molecule has 0 heterocycles. The predicted octanol–water partition coefficient (Wildman–Crippen LogP) is 32.0. The first-order chi connectivity index (χ1) is 47.7. The van der Waals surface area contributed by atoms with E-state index in [2.05, 4.69) is 132 Å². The van der Waals surface area contributed by atoms with Gasteiger partial charge in [0.2, 0.25) is 0 Å². The van der Waals surface area contributed by atoms with Crippen LogP contribution < -0.4 is 0 Å². The first-order valence-corrected chi connectivity index (χ1v) is 47.7. The van der Waals surface area contributed by atoms with Gasteiger partial charge in [0, 0.05) is 0 Å². The normalized spacial score (nSPS) is 47.7. The third kappa shape index (κ3) is 20.9. The zero-order valence-corrected chi connectivity index (χ0v) is 71.7. The van der Waals surface area contributed by atoms with E-state index in [1.165, 1.54) is 218 Å². The molecule has 100 heavy (non-hydrogen) atoms. The summed E-state index contributed by atoms with van der Waals surface area (Å²) < 4.78 is 0. The third-order valence-corrected chi connectivity index (χ3v) is 39.2. The molecule has 0 N–H and O–H groups in total. The van der Waals surface area contributed by atoms with Gasteiger partial charge in [-0.25, -0.2) is 0 Å². The highest BCUT2D eigenvalue weighted by Crippen LogP contribution is 2.61. The third-order valence-electron chi connectivity index (χ3n) is 39.2. The molecular weight excluding hydrogens is 1200 g/mol. The van der Waals surface area contributed by atoms with Crippen LogP contribution >= 0.6 is 0 Å². The Morgan fingerprint density at radius 2 is 0.630 bits per heavy atom. The monoisotopic (exact) mass is 1380 g/mol. The van der Waals surface area contributed by atoms with E-state index < -0.39 is 0 Å². The second-order valence-electron chi connectivity index (χ2n) is 44.6. The Morgan fingerprint density at radius 3 is 0.880 bits per heavy atom. The average molecular weight is 1380 g/mol. The van der Waals surface area contributed by atoms with Crippen LogP contribution in [0.4, 0.5) is 0 Å². The molecule has 0 aliphatic heterocycles. The largest absolute Gasteiger partial charge is 0.0651 e. The van der Waals surface area contributed by atoms with E-state index in [9.17, 15) is 0 Å². The summed E-state index contributed by atoms with van der Waals surface area (Å²) in [5.74, 6) is 31.4. The summed E-state index contributed by atoms with van der Waals surface area (Å²) in [7, 11) is 0. The molecule has 24 saturated carbocycles. The number of hydrogen-bond acceptors (Lipinski definition) is 0. The van der Waals surface area contributed by atoms with Crippen LogP contribution in [0.5, 0.6) is 0 Å². The first-order valence-electron chi connectivity index (χ1n) is 47.7. The van der Waals surface area contributed by atoms with Crippen molar-refractivity contribution in [2.24, 2.45) is 193 Å². The quantitative estimate of drug-likeness (QED) is 0.264. The second-order valence-corrected chi connectivity index (χ2v) is 44.6. The van der Waals surface area contributed by atoms with E-state index in [-0.39, 0.29) is 0 Å². The standard InChI is InChI=1S/C11H20.3C10H18.4C9H16.C8H14.C8H16.C7H14/c1-8-9-4-6-10(7-5-9)11(8,2)3;1-7-8-4-5-9(6-8)10(7,2)3;1-8-7-9-3-5-10(8,2)6-4-9;1-7-8(2)10-5-3-9(7)4-6-10;1-7-5-8-3-4-9(7,2)6-8;1-6-7(2)9-4-3-8(6)5-9;1-7-6-8-2-4-9(7)5-3-8;1-2-8-5-7-3-4-9(8)6-7;1-6-4-7-2-3-8(6)5-7;1-2-8-6-4-3-5-7-8;1-2-7-5-3-4-6-7/h8-10H,4-7H2,1-3H3;7-9H,4-6H2,1-3H3;8-9H,3-7H2,1-2H3;7-10H,3-6H2,1-2H3;7-8H,3-6H2,1-2H3;6-9H,3-5H2,1-2H3;2*7-9H,2-6H2,1H3;6-8H,2-5H2,1H3;8H,2-7H2,1H3;7H,2-6H2,1H3/t8-,9?,10?;;8-,9?,10?;7-,8?,9?,10?;;;7-,8?,9?;;;;/m1.00..0..../s1. The van der Waals surface area contributed by atoms with Crippen molar-refractivity contribution in [1.82, 2.24) is 0 Å². The summed E-state index contributed by atoms with van der Waals surface area (Å²) in [6.45, 7) is 46.3. The van der Waals surface area contributed by atoms with Crippen molar-refractivity contribution >= 4 is 0 Å². The van der Waals surface area contributed by atoms with Crippen LogP contribution in [0.1, 0.15) is 440 Å². The molecule has 21 atom stereocenters. The second kappa shape index (κ2) is 37.6. The fourth-order valence-electron chi connectivity index (χ4n) is 29.2. The Labute approximate surface area is 629 Å². The highest BCUT2D eigenvalue weighted by Gasteiger charge is 2.51.